The maximum atomic E-state index is 9.07. The third-order valence-corrected chi connectivity index (χ3v) is 1.91. The van der Waals surface area contributed by atoms with Gasteiger partial charge in [0.1, 0.15) is 12.0 Å². The van der Waals surface area contributed by atoms with Crippen molar-refractivity contribution in [3.63, 3.8) is 0 Å². The van der Waals surface area contributed by atoms with Crippen LogP contribution in [0.15, 0.2) is 24.3 Å². The molecule has 1 aromatic rings. The predicted molar refractivity (Wildman–Crippen MR) is 56.0 cm³/mol. The summed E-state index contributed by atoms with van der Waals surface area (Å²) in [7, 11) is 0. The fourth-order valence-electron chi connectivity index (χ4n) is 1.19. The molecule has 0 aliphatic carbocycles. The van der Waals surface area contributed by atoms with Crippen LogP contribution in [0.25, 0.3) is 0 Å². The maximum absolute atomic E-state index is 9.07. The molecule has 1 rings (SSSR count). The first kappa shape index (κ1) is 11.0. The summed E-state index contributed by atoms with van der Waals surface area (Å²) in [5.74, 6) is 0.275. The monoisotopic (exact) mass is 195 g/mol. The number of aromatic hydroxyl groups is 1. The van der Waals surface area contributed by atoms with Gasteiger partial charge in [0.2, 0.25) is 0 Å². The summed E-state index contributed by atoms with van der Waals surface area (Å²) in [5.41, 5.74) is 6.82. The van der Waals surface area contributed by atoms with Crippen LogP contribution in [0.5, 0.6) is 5.75 Å². The summed E-state index contributed by atoms with van der Waals surface area (Å²) >= 11 is 0. The highest BCUT2D eigenvalue weighted by Crippen LogP contribution is 2.11. The molecule has 0 amide bonds. The van der Waals surface area contributed by atoms with Crippen molar-refractivity contribution < 1.29 is 9.84 Å². The quantitative estimate of drug-likeness (QED) is 0.702. The number of nitrogens with two attached hydrogens (primary N) is 1. The molecular formula is C11H17NO2. The first-order valence-electron chi connectivity index (χ1n) is 4.87. The number of benzene rings is 1. The topological polar surface area (TPSA) is 55.5 Å². The predicted octanol–water partition coefficient (Wildman–Crippen LogP) is 1.65. The number of hydrogen-bond donors (Lipinski definition) is 2. The van der Waals surface area contributed by atoms with Gasteiger partial charge in [0.25, 0.3) is 0 Å². The van der Waals surface area contributed by atoms with Gasteiger partial charge in [0.05, 0.1) is 0 Å². The van der Waals surface area contributed by atoms with E-state index in [9.17, 15) is 0 Å². The smallest absolute Gasteiger partial charge is 0.115 e. The fraction of sp³-hybridized carbons (Fsp3) is 0.455. The zero-order valence-electron chi connectivity index (χ0n) is 8.44. The van der Waals surface area contributed by atoms with Gasteiger partial charge in [-0.1, -0.05) is 19.1 Å². The van der Waals surface area contributed by atoms with E-state index in [0.717, 1.165) is 12.0 Å². The molecule has 3 heteroatoms. The number of phenols is 1. The molecule has 0 aromatic heterocycles. The maximum Gasteiger partial charge on any atom is 0.115 e. The highest BCUT2D eigenvalue weighted by molar-refractivity contribution is 5.26. The second-order valence-electron chi connectivity index (χ2n) is 3.28. The van der Waals surface area contributed by atoms with E-state index in [2.05, 4.69) is 0 Å². The van der Waals surface area contributed by atoms with Crippen LogP contribution in [0, 0.1) is 0 Å². The second-order valence-corrected chi connectivity index (χ2v) is 3.28. The third kappa shape index (κ3) is 3.77. The van der Waals surface area contributed by atoms with Gasteiger partial charge in [-0.2, -0.15) is 0 Å². The first-order chi connectivity index (χ1) is 6.72. The number of ether oxygens (including phenoxy) is 1. The van der Waals surface area contributed by atoms with Crippen LogP contribution < -0.4 is 5.73 Å². The molecule has 3 N–H and O–H groups in total. The Morgan fingerprint density at radius 2 is 2.00 bits per heavy atom. The van der Waals surface area contributed by atoms with Crippen molar-refractivity contribution in [3.8, 4) is 5.75 Å². The van der Waals surface area contributed by atoms with Gasteiger partial charge < -0.3 is 15.6 Å². The van der Waals surface area contributed by atoms with Gasteiger partial charge >= 0.3 is 0 Å². The molecular weight excluding hydrogens is 178 g/mol. The van der Waals surface area contributed by atoms with E-state index in [1.165, 1.54) is 0 Å². The minimum absolute atomic E-state index is 0.250. The molecule has 78 valence electrons. The first-order valence-corrected chi connectivity index (χ1v) is 4.87. The number of hydrogen-bond acceptors (Lipinski definition) is 3. The molecule has 0 aliphatic heterocycles. The van der Waals surface area contributed by atoms with Gasteiger partial charge in [0, 0.05) is 13.0 Å². The van der Waals surface area contributed by atoms with Crippen molar-refractivity contribution in [2.24, 2.45) is 5.73 Å². The lowest BCUT2D eigenvalue weighted by Crippen LogP contribution is -2.26. The Morgan fingerprint density at radius 3 is 2.57 bits per heavy atom. The Bertz CT molecular complexity index is 258. The molecule has 0 spiro atoms. The summed E-state index contributed by atoms with van der Waals surface area (Å²) < 4.78 is 5.34. The Balaban J connectivity index is 2.39. The van der Waals surface area contributed by atoms with Crippen molar-refractivity contribution in [2.75, 3.05) is 6.61 Å². The van der Waals surface area contributed by atoms with Crippen LogP contribution in [0.3, 0.4) is 0 Å². The lowest BCUT2D eigenvalue weighted by molar-refractivity contribution is 0.0586. The molecule has 1 atom stereocenters. The van der Waals surface area contributed by atoms with Gasteiger partial charge in [-0.3, -0.25) is 0 Å². The van der Waals surface area contributed by atoms with Gasteiger partial charge in [-0.15, -0.1) is 0 Å². The molecule has 0 bridgehead atoms. The summed E-state index contributed by atoms with van der Waals surface area (Å²) in [4.78, 5) is 0. The lowest BCUT2D eigenvalue weighted by atomic mass is 10.1. The molecule has 1 unspecified atom stereocenters. The molecule has 0 aliphatic rings. The van der Waals surface area contributed by atoms with Crippen LogP contribution >= 0.6 is 0 Å². The minimum atomic E-state index is -0.250. The van der Waals surface area contributed by atoms with Crippen molar-refractivity contribution in [3.05, 3.63) is 29.8 Å². The Kier molecular flexibility index (Phi) is 4.43. The molecule has 0 saturated heterocycles. The van der Waals surface area contributed by atoms with E-state index in [1.54, 1.807) is 12.1 Å². The molecule has 1 aromatic carbocycles. The normalized spacial score (nSPS) is 12.7. The van der Waals surface area contributed by atoms with Crippen molar-refractivity contribution in [2.45, 2.75) is 26.0 Å². The average Bonchev–Trinajstić information content (AvgIpc) is 2.18. The summed E-state index contributed by atoms with van der Waals surface area (Å²) in [5, 5.41) is 9.07. The highest BCUT2D eigenvalue weighted by Gasteiger charge is 2.03. The van der Waals surface area contributed by atoms with Gasteiger partial charge in [0.15, 0.2) is 0 Å². The SMILES string of the molecule is CCCOC(N)Cc1ccc(O)cc1. The molecule has 0 radical (unpaired) electrons. The van der Waals surface area contributed by atoms with Crippen LogP contribution in [0.2, 0.25) is 0 Å². The molecule has 0 heterocycles. The molecule has 3 nitrogen and oxygen atoms in total. The van der Waals surface area contributed by atoms with E-state index in [0.29, 0.717) is 13.0 Å². The van der Waals surface area contributed by atoms with E-state index in [1.807, 2.05) is 19.1 Å². The van der Waals surface area contributed by atoms with Crippen LogP contribution in [0.4, 0.5) is 0 Å². The Labute approximate surface area is 84.5 Å². The third-order valence-electron chi connectivity index (χ3n) is 1.91. The standard InChI is InChI=1S/C11H17NO2/c1-2-7-14-11(12)8-9-3-5-10(13)6-4-9/h3-6,11,13H,2,7-8,12H2,1H3. The van der Waals surface area contributed by atoms with E-state index < -0.39 is 0 Å². The summed E-state index contributed by atoms with van der Waals surface area (Å²) in [6.45, 7) is 2.74. The molecule has 14 heavy (non-hydrogen) atoms. The average molecular weight is 195 g/mol. The van der Waals surface area contributed by atoms with Gasteiger partial charge in [-0.05, 0) is 24.1 Å². The van der Waals surface area contributed by atoms with Crippen molar-refractivity contribution >= 4 is 0 Å². The second kappa shape index (κ2) is 5.62. The van der Waals surface area contributed by atoms with E-state index in [4.69, 9.17) is 15.6 Å². The fourth-order valence-corrected chi connectivity index (χ4v) is 1.19. The van der Waals surface area contributed by atoms with E-state index in [-0.39, 0.29) is 12.0 Å². The highest BCUT2D eigenvalue weighted by atomic mass is 16.5. The lowest BCUT2D eigenvalue weighted by Gasteiger charge is -2.12. The molecule has 0 fully saturated rings. The van der Waals surface area contributed by atoms with E-state index >= 15 is 0 Å². The Hall–Kier alpha value is -1.06. The number of rotatable bonds is 5. The summed E-state index contributed by atoms with van der Waals surface area (Å²) in [6, 6.07) is 7.01. The Morgan fingerprint density at radius 1 is 1.36 bits per heavy atom. The van der Waals surface area contributed by atoms with Gasteiger partial charge in [-0.25, -0.2) is 0 Å². The van der Waals surface area contributed by atoms with Crippen LogP contribution in [-0.4, -0.2) is 17.9 Å². The molecule has 0 saturated carbocycles. The summed E-state index contributed by atoms with van der Waals surface area (Å²) in [6.07, 6.45) is 1.41. The van der Waals surface area contributed by atoms with Crippen molar-refractivity contribution in [1.82, 2.24) is 0 Å². The van der Waals surface area contributed by atoms with Crippen LogP contribution in [0.1, 0.15) is 18.9 Å². The minimum Gasteiger partial charge on any atom is -0.508 e. The van der Waals surface area contributed by atoms with Crippen LogP contribution in [-0.2, 0) is 11.2 Å². The zero-order valence-corrected chi connectivity index (χ0v) is 8.44. The van der Waals surface area contributed by atoms with Crippen molar-refractivity contribution in [1.29, 1.82) is 0 Å². The largest absolute Gasteiger partial charge is 0.508 e. The zero-order chi connectivity index (χ0) is 10.4. The number of phenolic OH excluding ortho intramolecular Hbond substituents is 1.